The van der Waals surface area contributed by atoms with Gasteiger partial charge in [-0.3, -0.25) is 9.59 Å². The molecule has 2 aromatic carbocycles. The number of benzene rings is 2. The van der Waals surface area contributed by atoms with Crippen LogP contribution in [0.25, 0.3) is 0 Å². The van der Waals surface area contributed by atoms with Crippen molar-refractivity contribution in [3.05, 3.63) is 58.6 Å². The van der Waals surface area contributed by atoms with Crippen LogP contribution >= 0.6 is 11.6 Å². The van der Waals surface area contributed by atoms with Crippen molar-refractivity contribution in [3.8, 4) is 5.75 Å². The Bertz CT molecular complexity index is 852. The molecule has 1 atom stereocenters. The average molecular weight is 391 g/mol. The highest BCUT2D eigenvalue weighted by Crippen LogP contribution is 2.25. The molecule has 0 heterocycles. The molecule has 0 spiro atoms. The van der Waals surface area contributed by atoms with Gasteiger partial charge in [-0.2, -0.15) is 0 Å². The molecule has 142 valence electrons. The highest BCUT2D eigenvalue weighted by molar-refractivity contribution is 6.32. The third-order valence-electron chi connectivity index (χ3n) is 3.73. The number of carboxylic acids is 1. The van der Waals surface area contributed by atoms with Crippen LogP contribution in [0.1, 0.15) is 22.8 Å². The monoisotopic (exact) mass is 390 g/mol. The number of carbonyl (C=O) groups excluding carboxylic acids is 2. The molecule has 0 unspecified atom stereocenters. The zero-order valence-electron chi connectivity index (χ0n) is 14.8. The third kappa shape index (κ3) is 5.72. The third-order valence-corrected chi connectivity index (χ3v) is 4.02. The number of hydrogen-bond donors (Lipinski definition) is 3. The lowest BCUT2D eigenvalue weighted by Crippen LogP contribution is -2.42. The first-order valence-electron chi connectivity index (χ1n) is 8.04. The van der Waals surface area contributed by atoms with Crippen molar-refractivity contribution < 1.29 is 24.2 Å². The lowest BCUT2D eigenvalue weighted by Gasteiger charge is -2.15. The van der Waals surface area contributed by atoms with Crippen LogP contribution in [-0.4, -0.2) is 36.0 Å². The first-order valence-corrected chi connectivity index (χ1v) is 8.41. The molecular weight excluding hydrogens is 372 g/mol. The summed E-state index contributed by atoms with van der Waals surface area (Å²) < 4.78 is 5.06. The van der Waals surface area contributed by atoms with Gasteiger partial charge < -0.3 is 20.5 Å². The highest BCUT2D eigenvalue weighted by Gasteiger charge is 2.21. The van der Waals surface area contributed by atoms with Crippen molar-refractivity contribution in [1.29, 1.82) is 0 Å². The normalized spacial score (nSPS) is 11.4. The number of amides is 2. The zero-order valence-corrected chi connectivity index (χ0v) is 15.5. The molecule has 0 fully saturated rings. The quantitative estimate of drug-likeness (QED) is 0.674. The summed E-state index contributed by atoms with van der Waals surface area (Å²) in [5, 5.41) is 14.9. The van der Waals surface area contributed by atoms with E-state index in [0.29, 0.717) is 22.0 Å². The Morgan fingerprint density at radius 2 is 1.81 bits per heavy atom. The molecule has 3 N–H and O–H groups in total. The molecule has 0 saturated carbocycles. The predicted molar refractivity (Wildman–Crippen MR) is 101 cm³/mol. The van der Waals surface area contributed by atoms with Crippen LogP contribution in [0.3, 0.4) is 0 Å². The molecule has 8 heteroatoms. The van der Waals surface area contributed by atoms with Crippen LogP contribution in [0.15, 0.2) is 42.5 Å². The van der Waals surface area contributed by atoms with Crippen LogP contribution in [0.2, 0.25) is 5.02 Å². The van der Waals surface area contributed by atoms with Gasteiger partial charge in [-0.25, -0.2) is 4.79 Å². The molecule has 0 aliphatic heterocycles. The predicted octanol–water partition coefficient (Wildman–Crippen LogP) is 2.73. The molecule has 0 radical (unpaired) electrons. The van der Waals surface area contributed by atoms with Crippen LogP contribution in [0, 0.1) is 0 Å². The lowest BCUT2D eigenvalue weighted by atomic mass is 10.0. The molecule has 27 heavy (non-hydrogen) atoms. The van der Waals surface area contributed by atoms with Crippen molar-refractivity contribution >= 4 is 35.1 Å². The Morgan fingerprint density at radius 3 is 2.33 bits per heavy atom. The summed E-state index contributed by atoms with van der Waals surface area (Å²) in [4.78, 5) is 34.9. The average Bonchev–Trinajstić information content (AvgIpc) is 2.61. The summed E-state index contributed by atoms with van der Waals surface area (Å²) in [5.74, 6) is -1.44. The lowest BCUT2D eigenvalue weighted by molar-refractivity contribution is -0.139. The van der Waals surface area contributed by atoms with Gasteiger partial charge in [0.05, 0.1) is 12.1 Å². The molecule has 0 bridgehead atoms. The fourth-order valence-corrected chi connectivity index (χ4v) is 2.70. The van der Waals surface area contributed by atoms with Gasteiger partial charge in [0, 0.05) is 24.6 Å². The van der Waals surface area contributed by atoms with E-state index in [1.54, 1.807) is 30.3 Å². The highest BCUT2D eigenvalue weighted by atomic mass is 35.5. The number of carbonyl (C=O) groups is 3. The van der Waals surface area contributed by atoms with E-state index in [2.05, 4.69) is 10.6 Å². The molecule has 0 aliphatic carbocycles. The topological polar surface area (TPSA) is 105 Å². The Labute approximate surface area is 161 Å². The first kappa shape index (κ1) is 20.3. The minimum absolute atomic E-state index is 0.0642. The fourth-order valence-electron chi connectivity index (χ4n) is 2.42. The number of ether oxygens (including phenoxy) is 1. The van der Waals surface area contributed by atoms with Gasteiger partial charge in [0.15, 0.2) is 0 Å². The molecule has 2 aromatic rings. The Balaban J connectivity index is 2.09. The van der Waals surface area contributed by atoms with E-state index >= 15 is 0 Å². The number of aliphatic carboxylic acids is 1. The number of anilines is 1. The molecular formula is C19H19ClN2O5. The Kier molecular flexibility index (Phi) is 6.79. The number of nitrogens with one attached hydrogen (secondary N) is 2. The minimum atomic E-state index is -1.16. The van der Waals surface area contributed by atoms with Gasteiger partial charge in [-0.15, -0.1) is 0 Å². The van der Waals surface area contributed by atoms with Gasteiger partial charge in [-0.1, -0.05) is 17.7 Å². The van der Waals surface area contributed by atoms with Gasteiger partial charge in [0.2, 0.25) is 5.91 Å². The Hall–Kier alpha value is -3.06. The van der Waals surface area contributed by atoms with Crippen LogP contribution < -0.4 is 15.4 Å². The van der Waals surface area contributed by atoms with Gasteiger partial charge >= 0.3 is 5.97 Å². The number of hydrogen-bond acceptors (Lipinski definition) is 4. The summed E-state index contributed by atoms with van der Waals surface area (Å²) >= 11 is 6.06. The Morgan fingerprint density at radius 1 is 1.15 bits per heavy atom. The molecule has 7 nitrogen and oxygen atoms in total. The van der Waals surface area contributed by atoms with E-state index in [1.807, 2.05) is 0 Å². The fraction of sp³-hybridized carbons (Fsp3) is 0.211. The second-order valence-electron chi connectivity index (χ2n) is 5.80. The van der Waals surface area contributed by atoms with Crippen molar-refractivity contribution in [2.24, 2.45) is 0 Å². The van der Waals surface area contributed by atoms with Crippen molar-refractivity contribution in [2.75, 3.05) is 12.4 Å². The largest absolute Gasteiger partial charge is 0.495 e. The van der Waals surface area contributed by atoms with Crippen molar-refractivity contribution in [1.82, 2.24) is 5.32 Å². The molecule has 0 saturated heterocycles. The molecule has 0 aromatic heterocycles. The summed E-state index contributed by atoms with van der Waals surface area (Å²) in [6.45, 7) is 1.38. The maximum atomic E-state index is 12.3. The summed E-state index contributed by atoms with van der Waals surface area (Å²) in [6.07, 6.45) is 0.0642. The van der Waals surface area contributed by atoms with E-state index in [0.717, 1.165) is 0 Å². The number of carboxylic acid groups (broad SMARTS) is 1. The summed E-state index contributed by atoms with van der Waals surface area (Å²) in [6, 6.07) is 9.94. The second kappa shape index (κ2) is 9.05. The maximum Gasteiger partial charge on any atom is 0.326 e. The SMILES string of the molecule is COc1ccc(C[C@@H](NC(=O)c2ccc(NC(C)=O)cc2)C(=O)O)cc1Cl. The zero-order chi connectivity index (χ0) is 20.0. The van der Waals surface area contributed by atoms with Gasteiger partial charge in [-0.05, 0) is 42.0 Å². The van der Waals surface area contributed by atoms with Crippen molar-refractivity contribution in [2.45, 2.75) is 19.4 Å². The van der Waals surface area contributed by atoms with Gasteiger partial charge in [0.25, 0.3) is 5.91 Å². The summed E-state index contributed by atoms with van der Waals surface area (Å²) in [5.41, 5.74) is 1.47. The molecule has 2 amide bonds. The van der Waals surface area contributed by atoms with E-state index in [1.165, 1.54) is 26.2 Å². The molecule has 0 aliphatic rings. The van der Waals surface area contributed by atoms with E-state index < -0.39 is 17.9 Å². The minimum Gasteiger partial charge on any atom is -0.495 e. The van der Waals surface area contributed by atoms with Crippen LogP contribution in [0.5, 0.6) is 5.75 Å². The van der Waals surface area contributed by atoms with E-state index in [-0.39, 0.29) is 17.9 Å². The summed E-state index contributed by atoms with van der Waals surface area (Å²) in [7, 11) is 1.48. The number of methoxy groups -OCH3 is 1. The maximum absolute atomic E-state index is 12.3. The first-order chi connectivity index (χ1) is 12.8. The van der Waals surface area contributed by atoms with Crippen LogP contribution in [-0.2, 0) is 16.0 Å². The van der Waals surface area contributed by atoms with Crippen LogP contribution in [0.4, 0.5) is 5.69 Å². The molecule has 2 rings (SSSR count). The number of halogens is 1. The smallest absolute Gasteiger partial charge is 0.326 e. The van der Waals surface area contributed by atoms with Gasteiger partial charge in [0.1, 0.15) is 11.8 Å². The van der Waals surface area contributed by atoms with E-state index in [9.17, 15) is 19.5 Å². The van der Waals surface area contributed by atoms with E-state index in [4.69, 9.17) is 16.3 Å². The second-order valence-corrected chi connectivity index (χ2v) is 6.20. The standard InChI is InChI=1S/C19H19ClN2O5/c1-11(23)21-14-6-4-13(5-7-14)18(24)22-16(19(25)26)10-12-3-8-17(27-2)15(20)9-12/h3-9,16H,10H2,1-2H3,(H,21,23)(H,22,24)(H,25,26)/t16-/m1/s1. The van der Waals surface area contributed by atoms with Crippen molar-refractivity contribution in [3.63, 3.8) is 0 Å². The number of rotatable bonds is 7.